The van der Waals surface area contributed by atoms with E-state index in [1.807, 2.05) is 0 Å². The van der Waals surface area contributed by atoms with E-state index in [0.29, 0.717) is 10.2 Å². The minimum absolute atomic E-state index is 0.203. The summed E-state index contributed by atoms with van der Waals surface area (Å²) in [5, 5.41) is 19.0. The number of carbonyl (C=O) groups is 1. The van der Waals surface area contributed by atoms with E-state index in [1.54, 1.807) is 6.07 Å². The molecule has 0 saturated heterocycles. The van der Waals surface area contributed by atoms with Crippen molar-refractivity contribution in [3.8, 4) is 5.75 Å². The molecule has 4 nitrogen and oxygen atoms in total. The van der Waals surface area contributed by atoms with Crippen molar-refractivity contribution in [1.29, 1.82) is 0 Å². The van der Waals surface area contributed by atoms with Gasteiger partial charge in [0, 0.05) is 0 Å². The average molecular weight is 315 g/mol. The Bertz CT molecular complexity index is 452. The van der Waals surface area contributed by atoms with Crippen LogP contribution in [0.3, 0.4) is 0 Å². The van der Waals surface area contributed by atoms with Gasteiger partial charge in [-0.2, -0.15) is 0 Å². The van der Waals surface area contributed by atoms with Crippen LogP contribution in [0.4, 0.5) is 0 Å². The first-order chi connectivity index (χ1) is 8.50. The zero-order valence-electron chi connectivity index (χ0n) is 9.86. The number of aliphatic hydroxyl groups is 1. The van der Waals surface area contributed by atoms with Gasteiger partial charge in [0.05, 0.1) is 15.6 Å². The van der Waals surface area contributed by atoms with Gasteiger partial charge < -0.3 is 14.9 Å². The van der Waals surface area contributed by atoms with Crippen LogP contribution < -0.4 is 4.74 Å². The van der Waals surface area contributed by atoms with E-state index in [2.05, 4.69) is 15.9 Å². The van der Waals surface area contributed by atoms with Gasteiger partial charge in [0.15, 0.2) is 0 Å². The summed E-state index contributed by atoms with van der Waals surface area (Å²) in [7, 11) is 0. The molecule has 0 unspecified atom stereocenters. The highest BCUT2D eigenvalue weighted by molar-refractivity contribution is 9.10. The first kappa shape index (κ1) is 13.4. The number of carboxylic acids is 1. The first-order valence-electron chi connectivity index (χ1n) is 5.88. The van der Waals surface area contributed by atoms with E-state index < -0.39 is 11.6 Å². The summed E-state index contributed by atoms with van der Waals surface area (Å²) in [6.07, 6.45) is 3.58. The lowest BCUT2D eigenvalue weighted by Gasteiger charge is -2.22. The minimum atomic E-state index is -0.975. The molecule has 0 heterocycles. The molecule has 1 aromatic carbocycles. The van der Waals surface area contributed by atoms with Gasteiger partial charge in [-0.1, -0.05) is 12.8 Å². The fraction of sp³-hybridized carbons (Fsp3) is 0.462. The van der Waals surface area contributed by atoms with Crippen LogP contribution in [0.2, 0.25) is 0 Å². The number of rotatable bonds is 4. The Kier molecular flexibility index (Phi) is 3.92. The highest BCUT2D eigenvalue weighted by Gasteiger charge is 2.32. The third-order valence-corrected chi connectivity index (χ3v) is 3.83. The molecule has 1 aliphatic carbocycles. The van der Waals surface area contributed by atoms with E-state index in [-0.39, 0.29) is 12.2 Å². The smallest absolute Gasteiger partial charge is 0.335 e. The predicted octanol–water partition coefficient (Wildman–Crippen LogP) is 2.83. The largest absolute Gasteiger partial charge is 0.489 e. The number of aromatic carboxylic acids is 1. The molecule has 2 rings (SSSR count). The standard InChI is InChI=1S/C13H15BrO4/c14-10-7-9(12(15)16)3-4-11(10)18-8-13(17)5-1-2-6-13/h3-4,7,17H,1-2,5-6,8H2,(H,15,16). The molecule has 0 radical (unpaired) electrons. The number of hydrogen-bond donors (Lipinski definition) is 2. The second-order valence-electron chi connectivity index (χ2n) is 4.67. The highest BCUT2D eigenvalue weighted by Crippen LogP contribution is 2.32. The summed E-state index contributed by atoms with van der Waals surface area (Å²) < 4.78 is 6.16. The topological polar surface area (TPSA) is 66.8 Å². The first-order valence-corrected chi connectivity index (χ1v) is 6.67. The fourth-order valence-corrected chi connectivity index (χ4v) is 2.63. The zero-order valence-corrected chi connectivity index (χ0v) is 11.4. The van der Waals surface area contributed by atoms with Crippen molar-refractivity contribution < 1.29 is 19.7 Å². The van der Waals surface area contributed by atoms with Crippen molar-refractivity contribution in [3.63, 3.8) is 0 Å². The van der Waals surface area contributed by atoms with E-state index in [0.717, 1.165) is 25.7 Å². The van der Waals surface area contributed by atoms with Gasteiger partial charge in [0.25, 0.3) is 0 Å². The lowest BCUT2D eigenvalue weighted by molar-refractivity contribution is 0.00116. The van der Waals surface area contributed by atoms with E-state index >= 15 is 0 Å². The Morgan fingerprint density at radius 3 is 2.61 bits per heavy atom. The monoisotopic (exact) mass is 314 g/mol. The molecule has 1 aromatic rings. The van der Waals surface area contributed by atoms with Crippen LogP contribution in [-0.4, -0.2) is 28.4 Å². The number of carboxylic acid groups (broad SMARTS) is 1. The maximum atomic E-state index is 10.8. The molecule has 0 atom stereocenters. The average Bonchev–Trinajstić information content (AvgIpc) is 2.75. The van der Waals surface area contributed by atoms with Crippen LogP contribution >= 0.6 is 15.9 Å². The van der Waals surface area contributed by atoms with Crippen LogP contribution in [0.5, 0.6) is 5.75 Å². The Labute approximate surface area is 114 Å². The maximum Gasteiger partial charge on any atom is 0.335 e. The molecular formula is C13H15BrO4. The molecule has 1 saturated carbocycles. The van der Waals surface area contributed by atoms with Crippen LogP contribution in [0.25, 0.3) is 0 Å². The normalized spacial score (nSPS) is 17.7. The quantitative estimate of drug-likeness (QED) is 0.896. The molecular weight excluding hydrogens is 300 g/mol. The zero-order chi connectivity index (χ0) is 13.2. The number of halogens is 1. The Hall–Kier alpha value is -1.07. The third-order valence-electron chi connectivity index (χ3n) is 3.21. The highest BCUT2D eigenvalue weighted by atomic mass is 79.9. The lowest BCUT2D eigenvalue weighted by atomic mass is 10.0. The second kappa shape index (κ2) is 5.28. The summed E-state index contributed by atoms with van der Waals surface area (Å²) in [4.78, 5) is 10.8. The summed E-state index contributed by atoms with van der Waals surface area (Å²) in [5.74, 6) is -0.419. The van der Waals surface area contributed by atoms with Crippen molar-refractivity contribution >= 4 is 21.9 Å². The van der Waals surface area contributed by atoms with Crippen LogP contribution in [0.15, 0.2) is 22.7 Å². The van der Waals surface area contributed by atoms with Crippen molar-refractivity contribution in [1.82, 2.24) is 0 Å². The van der Waals surface area contributed by atoms with Gasteiger partial charge in [-0.05, 0) is 47.0 Å². The summed E-state index contributed by atoms with van der Waals surface area (Å²) in [6, 6.07) is 4.59. The predicted molar refractivity (Wildman–Crippen MR) is 70.0 cm³/mol. The van der Waals surface area contributed by atoms with Crippen molar-refractivity contribution in [2.75, 3.05) is 6.61 Å². The van der Waals surface area contributed by atoms with E-state index in [4.69, 9.17) is 9.84 Å². The van der Waals surface area contributed by atoms with Gasteiger partial charge in [0.2, 0.25) is 0 Å². The van der Waals surface area contributed by atoms with Crippen molar-refractivity contribution in [2.45, 2.75) is 31.3 Å². The van der Waals surface area contributed by atoms with Gasteiger partial charge in [-0.3, -0.25) is 0 Å². The Balaban J connectivity index is 2.03. The maximum absolute atomic E-state index is 10.8. The molecule has 0 bridgehead atoms. The molecule has 0 amide bonds. The van der Waals surface area contributed by atoms with Crippen LogP contribution in [0.1, 0.15) is 36.0 Å². The molecule has 0 aromatic heterocycles. The SMILES string of the molecule is O=C(O)c1ccc(OCC2(O)CCCC2)c(Br)c1. The summed E-state index contributed by atoms with van der Waals surface area (Å²) in [6.45, 7) is 0.248. The molecule has 98 valence electrons. The van der Waals surface area contributed by atoms with Crippen molar-refractivity contribution in [3.05, 3.63) is 28.2 Å². The van der Waals surface area contributed by atoms with Gasteiger partial charge in [-0.25, -0.2) is 4.79 Å². The van der Waals surface area contributed by atoms with Crippen LogP contribution in [-0.2, 0) is 0 Å². The molecule has 0 aliphatic heterocycles. The third kappa shape index (κ3) is 3.03. The minimum Gasteiger partial charge on any atom is -0.489 e. The number of hydrogen-bond acceptors (Lipinski definition) is 3. The lowest BCUT2D eigenvalue weighted by Crippen LogP contribution is -2.32. The molecule has 0 spiro atoms. The van der Waals surface area contributed by atoms with E-state index in [9.17, 15) is 9.90 Å². The molecule has 2 N–H and O–H groups in total. The van der Waals surface area contributed by atoms with Crippen molar-refractivity contribution in [2.24, 2.45) is 0 Å². The van der Waals surface area contributed by atoms with Gasteiger partial charge in [0.1, 0.15) is 12.4 Å². The van der Waals surface area contributed by atoms with E-state index in [1.165, 1.54) is 12.1 Å². The second-order valence-corrected chi connectivity index (χ2v) is 5.52. The Morgan fingerprint density at radius 1 is 1.39 bits per heavy atom. The summed E-state index contributed by atoms with van der Waals surface area (Å²) in [5.41, 5.74) is -0.529. The van der Waals surface area contributed by atoms with Gasteiger partial charge in [-0.15, -0.1) is 0 Å². The summed E-state index contributed by atoms with van der Waals surface area (Å²) >= 11 is 3.27. The van der Waals surface area contributed by atoms with Crippen LogP contribution in [0, 0.1) is 0 Å². The molecule has 5 heteroatoms. The number of ether oxygens (including phenoxy) is 1. The number of benzene rings is 1. The molecule has 18 heavy (non-hydrogen) atoms. The van der Waals surface area contributed by atoms with Gasteiger partial charge >= 0.3 is 5.97 Å². The Morgan fingerprint density at radius 2 is 2.06 bits per heavy atom. The molecule has 1 fully saturated rings. The molecule has 1 aliphatic rings. The fourth-order valence-electron chi connectivity index (χ4n) is 2.14.